The molecule has 0 radical (unpaired) electrons. The van der Waals surface area contributed by atoms with Crippen LogP contribution in [0.2, 0.25) is 5.02 Å². The van der Waals surface area contributed by atoms with Crippen molar-refractivity contribution < 1.29 is 27.9 Å². The number of piperidine rings is 1. The Morgan fingerprint density at radius 1 is 1.00 bits per heavy atom. The molecule has 2 atom stereocenters. The maximum Gasteiger partial charge on any atom is 0.273 e. The summed E-state index contributed by atoms with van der Waals surface area (Å²) in [6.45, 7) is 7.99. The Morgan fingerprint density at radius 3 is 2.21 bits per heavy atom. The van der Waals surface area contributed by atoms with E-state index in [9.17, 15) is 27.9 Å². The van der Waals surface area contributed by atoms with Crippen molar-refractivity contribution in [3.8, 4) is 0 Å². The van der Waals surface area contributed by atoms with Crippen LogP contribution in [0.25, 0.3) is 0 Å². The van der Waals surface area contributed by atoms with E-state index in [-0.39, 0.29) is 40.3 Å². The zero-order valence-electron chi connectivity index (χ0n) is 23.8. The highest BCUT2D eigenvalue weighted by Crippen LogP contribution is 2.46. The lowest BCUT2D eigenvalue weighted by atomic mass is 9.66. The van der Waals surface area contributed by atoms with Gasteiger partial charge in [0.2, 0.25) is 5.91 Å². The number of halogens is 1. The van der Waals surface area contributed by atoms with E-state index in [1.807, 2.05) is 32.4 Å². The minimum absolute atomic E-state index is 0.00414. The molecule has 2 aromatic carbocycles. The van der Waals surface area contributed by atoms with Crippen LogP contribution in [0.15, 0.2) is 70.3 Å². The molecule has 0 saturated carbocycles. The van der Waals surface area contributed by atoms with Crippen molar-refractivity contribution in [1.29, 1.82) is 0 Å². The zero-order valence-corrected chi connectivity index (χ0v) is 26.1. The molecule has 12 heteroatoms. The highest BCUT2D eigenvalue weighted by atomic mass is 35.5. The van der Waals surface area contributed by atoms with Gasteiger partial charge in [-0.2, -0.15) is 0 Å². The van der Waals surface area contributed by atoms with Crippen LogP contribution in [0.1, 0.15) is 60.4 Å². The normalized spacial score (nSPS) is 19.3. The Morgan fingerprint density at radius 2 is 1.64 bits per heavy atom. The summed E-state index contributed by atoms with van der Waals surface area (Å²) in [5.74, 6) is -1.99. The molecule has 1 aliphatic rings. The molecule has 0 unspecified atom stereocenters. The van der Waals surface area contributed by atoms with Gasteiger partial charge in [-0.1, -0.05) is 63.6 Å². The molecule has 3 aromatic rings. The van der Waals surface area contributed by atoms with Crippen LogP contribution < -0.4 is 10.0 Å². The molecule has 0 spiro atoms. The van der Waals surface area contributed by atoms with Gasteiger partial charge in [-0.15, -0.1) is 11.3 Å². The average Bonchev–Trinajstić information content (AvgIpc) is 3.49. The monoisotopic (exact) mass is 631 g/mol. The number of likely N-dealkylation sites (tertiary alicyclic amines) is 1. The van der Waals surface area contributed by atoms with Crippen LogP contribution in [0.3, 0.4) is 0 Å². The minimum Gasteiger partial charge on any atom is -0.384 e. The topological polar surface area (TPSA) is 133 Å². The third kappa shape index (κ3) is 6.54. The van der Waals surface area contributed by atoms with Gasteiger partial charge in [0.05, 0.1) is 5.60 Å². The number of hydrogen-bond acceptors (Lipinski definition) is 7. The molecular formula is C30H34ClN3O6S2. The SMILES string of the molecule is CC(C)[C@@H](NC(=O)c1cccc(C(=O)NS(=O)(=O)c2cccs2)c1)C(=O)N1CC[C@](O)(c2ccc(Cl)cc2)C(C)(C)C1. The number of rotatable bonds is 8. The molecule has 4 rings (SSSR count). The Hall–Kier alpha value is -3.25. The number of benzene rings is 2. The standard InChI is InChI=1S/C30H34ClN3O6S2/c1-19(2)25(28(37)34-15-14-30(38,29(3,4)18-34)22-10-12-23(31)13-11-22)32-26(35)20-7-5-8-21(17-20)27(36)33-42(39,40)24-9-6-16-41-24/h5-13,16-17,19,25,38H,14-15,18H2,1-4H3,(H,32,35)(H,33,36)/t25-,30+/m1/s1. The van der Waals surface area contributed by atoms with E-state index >= 15 is 0 Å². The molecule has 3 amide bonds. The van der Waals surface area contributed by atoms with Gasteiger partial charge in [0.15, 0.2) is 0 Å². The fourth-order valence-electron chi connectivity index (χ4n) is 5.16. The van der Waals surface area contributed by atoms with E-state index in [1.165, 1.54) is 30.3 Å². The van der Waals surface area contributed by atoms with Crippen molar-refractivity contribution in [1.82, 2.24) is 14.9 Å². The lowest BCUT2D eigenvalue weighted by molar-refractivity contribution is -0.155. The Kier molecular flexibility index (Phi) is 9.17. The van der Waals surface area contributed by atoms with E-state index < -0.39 is 38.9 Å². The van der Waals surface area contributed by atoms with Gasteiger partial charge in [-0.05, 0) is 59.7 Å². The molecule has 1 saturated heterocycles. The summed E-state index contributed by atoms with van der Waals surface area (Å²) in [4.78, 5) is 41.3. The summed E-state index contributed by atoms with van der Waals surface area (Å²) >= 11 is 7.01. The first-order valence-electron chi connectivity index (χ1n) is 13.4. The van der Waals surface area contributed by atoms with Crippen molar-refractivity contribution in [2.75, 3.05) is 13.1 Å². The summed E-state index contributed by atoms with van der Waals surface area (Å²) in [5, 5.41) is 16.6. The van der Waals surface area contributed by atoms with Crippen molar-refractivity contribution in [2.24, 2.45) is 11.3 Å². The smallest absolute Gasteiger partial charge is 0.273 e. The molecule has 0 aliphatic carbocycles. The predicted octanol–water partition coefficient (Wildman–Crippen LogP) is 4.42. The van der Waals surface area contributed by atoms with Crippen LogP contribution in [0.4, 0.5) is 0 Å². The van der Waals surface area contributed by atoms with Crippen LogP contribution in [-0.2, 0) is 20.4 Å². The first-order valence-corrected chi connectivity index (χ1v) is 16.2. The number of carbonyl (C=O) groups excluding carboxylic acids is 3. The Bertz CT molecular complexity index is 1570. The number of sulfonamides is 1. The van der Waals surface area contributed by atoms with Crippen molar-refractivity contribution >= 4 is 50.7 Å². The van der Waals surface area contributed by atoms with E-state index in [2.05, 4.69) is 5.32 Å². The maximum atomic E-state index is 13.7. The second-order valence-corrected chi connectivity index (χ2v) is 14.7. The number of aliphatic hydroxyl groups is 1. The number of nitrogens with zero attached hydrogens (tertiary/aromatic N) is 1. The largest absolute Gasteiger partial charge is 0.384 e. The summed E-state index contributed by atoms with van der Waals surface area (Å²) in [6, 6.07) is 14.8. The molecule has 1 fully saturated rings. The van der Waals surface area contributed by atoms with Crippen molar-refractivity contribution in [3.05, 3.63) is 87.8 Å². The maximum absolute atomic E-state index is 13.7. The molecular weight excluding hydrogens is 598 g/mol. The van der Waals surface area contributed by atoms with Crippen LogP contribution >= 0.6 is 22.9 Å². The van der Waals surface area contributed by atoms with E-state index in [4.69, 9.17) is 11.6 Å². The van der Waals surface area contributed by atoms with Crippen LogP contribution in [0, 0.1) is 11.3 Å². The van der Waals surface area contributed by atoms with Gasteiger partial charge < -0.3 is 15.3 Å². The van der Waals surface area contributed by atoms with Gasteiger partial charge in [-0.25, -0.2) is 13.1 Å². The summed E-state index contributed by atoms with van der Waals surface area (Å²) in [6.07, 6.45) is 0.303. The van der Waals surface area contributed by atoms with Gasteiger partial charge >= 0.3 is 0 Å². The molecule has 3 N–H and O–H groups in total. The lowest BCUT2D eigenvalue weighted by Crippen LogP contribution is -2.60. The highest BCUT2D eigenvalue weighted by Gasteiger charge is 2.50. The highest BCUT2D eigenvalue weighted by molar-refractivity contribution is 7.92. The molecule has 1 aliphatic heterocycles. The average molecular weight is 632 g/mol. The minimum atomic E-state index is -4.04. The molecule has 2 heterocycles. The van der Waals surface area contributed by atoms with Crippen molar-refractivity contribution in [3.63, 3.8) is 0 Å². The van der Waals surface area contributed by atoms with Gasteiger partial charge in [0.25, 0.3) is 21.8 Å². The number of thiophene rings is 1. The summed E-state index contributed by atoms with van der Waals surface area (Å²) in [7, 11) is -4.04. The third-order valence-electron chi connectivity index (χ3n) is 7.68. The quantitative estimate of drug-likeness (QED) is 0.337. The van der Waals surface area contributed by atoms with E-state index in [0.717, 1.165) is 16.9 Å². The first-order chi connectivity index (χ1) is 19.6. The molecule has 42 heavy (non-hydrogen) atoms. The third-order valence-corrected chi connectivity index (χ3v) is 10.7. The van der Waals surface area contributed by atoms with E-state index in [1.54, 1.807) is 40.6 Å². The number of nitrogens with one attached hydrogen (secondary N) is 2. The van der Waals surface area contributed by atoms with Gasteiger partial charge in [0, 0.05) is 34.7 Å². The second kappa shape index (κ2) is 12.2. The van der Waals surface area contributed by atoms with Crippen LogP contribution in [-0.4, -0.2) is 55.3 Å². The number of hydrogen-bond donors (Lipinski definition) is 3. The van der Waals surface area contributed by atoms with E-state index in [0.29, 0.717) is 11.4 Å². The van der Waals surface area contributed by atoms with Gasteiger partial charge in [0.1, 0.15) is 10.3 Å². The lowest BCUT2D eigenvalue weighted by Gasteiger charge is -2.51. The number of amides is 3. The van der Waals surface area contributed by atoms with Crippen molar-refractivity contribution in [2.45, 2.75) is 50.0 Å². The fourth-order valence-corrected chi connectivity index (χ4v) is 7.25. The summed E-state index contributed by atoms with van der Waals surface area (Å²) < 4.78 is 26.9. The Labute approximate surface area is 254 Å². The summed E-state index contributed by atoms with van der Waals surface area (Å²) in [5.41, 5.74) is -1.07. The van der Waals surface area contributed by atoms with Gasteiger partial charge in [-0.3, -0.25) is 14.4 Å². The fraction of sp³-hybridized carbons (Fsp3) is 0.367. The van der Waals surface area contributed by atoms with Crippen LogP contribution in [0.5, 0.6) is 0 Å². The predicted molar refractivity (Wildman–Crippen MR) is 162 cm³/mol. The first kappa shape index (κ1) is 31.7. The second-order valence-electron chi connectivity index (χ2n) is 11.4. The zero-order chi connectivity index (χ0) is 30.9. The molecule has 224 valence electrons. The molecule has 1 aromatic heterocycles. The molecule has 0 bridgehead atoms. The molecule has 9 nitrogen and oxygen atoms in total. The Balaban J connectivity index is 1.47. The number of carbonyl (C=O) groups is 3.